The number of benzene rings is 1. The molecule has 0 saturated heterocycles. The van der Waals surface area contributed by atoms with Crippen molar-refractivity contribution in [3.63, 3.8) is 0 Å². The highest BCUT2D eigenvalue weighted by Crippen LogP contribution is 2.36. The van der Waals surface area contributed by atoms with Crippen LogP contribution in [0.25, 0.3) is 0 Å². The maximum atomic E-state index is 6.02. The van der Waals surface area contributed by atoms with Gasteiger partial charge in [-0.25, -0.2) is 10.8 Å². The molecule has 0 saturated carbocycles. The number of nitrogens with two attached hydrogens (primary N) is 1. The molecule has 0 atom stereocenters. The lowest BCUT2D eigenvalue weighted by molar-refractivity contribution is 0.306. The molecule has 0 spiro atoms. The fraction of sp³-hybridized carbons (Fsp3) is 0.0833. The van der Waals surface area contributed by atoms with Crippen molar-refractivity contribution >= 4 is 40.6 Å². The third-order valence-electron chi connectivity index (χ3n) is 2.32. The van der Waals surface area contributed by atoms with Gasteiger partial charge in [-0.2, -0.15) is 0 Å². The summed E-state index contributed by atoms with van der Waals surface area (Å²) in [6, 6.07) is 6.71. The first-order valence-corrected chi connectivity index (χ1v) is 6.42. The zero-order valence-corrected chi connectivity index (χ0v) is 11.9. The number of rotatable bonds is 4. The number of ether oxygens (including phenoxy) is 1. The molecule has 4 nitrogen and oxygen atoms in total. The predicted octanol–water partition coefficient (Wildman–Crippen LogP) is 3.91. The van der Waals surface area contributed by atoms with Crippen LogP contribution in [0.3, 0.4) is 0 Å². The van der Waals surface area contributed by atoms with E-state index in [1.165, 1.54) is 0 Å². The largest absolute Gasteiger partial charge is 0.486 e. The van der Waals surface area contributed by atoms with Gasteiger partial charge in [0.05, 0.1) is 10.0 Å². The number of nitrogens with one attached hydrogen (secondary N) is 1. The Morgan fingerprint density at radius 2 is 1.84 bits per heavy atom. The average Bonchev–Trinajstić information content (AvgIpc) is 2.37. The third-order valence-corrected chi connectivity index (χ3v) is 3.10. The van der Waals surface area contributed by atoms with Crippen LogP contribution < -0.4 is 16.0 Å². The van der Waals surface area contributed by atoms with Gasteiger partial charge in [-0.15, -0.1) is 0 Å². The molecular weight excluding hydrogens is 309 g/mol. The van der Waals surface area contributed by atoms with E-state index in [0.717, 1.165) is 5.56 Å². The summed E-state index contributed by atoms with van der Waals surface area (Å²) in [7, 11) is 0. The molecule has 2 aromatic rings. The molecule has 0 radical (unpaired) electrons. The molecule has 2 rings (SSSR count). The van der Waals surface area contributed by atoms with Gasteiger partial charge in [0.2, 0.25) is 0 Å². The van der Waals surface area contributed by atoms with E-state index in [-0.39, 0.29) is 6.61 Å². The summed E-state index contributed by atoms with van der Waals surface area (Å²) in [5.74, 6) is 6.23. The molecule has 100 valence electrons. The van der Waals surface area contributed by atoms with Gasteiger partial charge in [-0.3, -0.25) is 0 Å². The number of anilines is 1. The number of nitrogens with zero attached hydrogens (tertiary/aromatic N) is 1. The first-order chi connectivity index (χ1) is 9.10. The number of pyridine rings is 1. The van der Waals surface area contributed by atoms with Gasteiger partial charge in [-0.05, 0) is 29.8 Å². The normalized spacial score (nSPS) is 10.3. The van der Waals surface area contributed by atoms with Gasteiger partial charge in [0, 0.05) is 11.2 Å². The number of aromatic nitrogens is 1. The Morgan fingerprint density at radius 1 is 1.16 bits per heavy atom. The lowest BCUT2D eigenvalue weighted by Gasteiger charge is -2.11. The lowest BCUT2D eigenvalue weighted by Crippen LogP contribution is -2.09. The second-order valence-corrected chi connectivity index (χ2v) is 4.93. The molecule has 3 N–H and O–H groups in total. The van der Waals surface area contributed by atoms with Crippen molar-refractivity contribution in [3.8, 4) is 5.75 Å². The molecule has 1 aromatic heterocycles. The van der Waals surface area contributed by atoms with Crippen molar-refractivity contribution in [2.24, 2.45) is 5.84 Å². The van der Waals surface area contributed by atoms with Crippen LogP contribution in [0.2, 0.25) is 15.1 Å². The van der Waals surface area contributed by atoms with Crippen LogP contribution in [-0.2, 0) is 6.61 Å². The Hall–Kier alpha value is -1.20. The average molecular weight is 319 g/mol. The Morgan fingerprint density at radius 3 is 2.47 bits per heavy atom. The molecule has 0 amide bonds. The zero-order chi connectivity index (χ0) is 13.8. The maximum absolute atomic E-state index is 6.02. The second-order valence-electron chi connectivity index (χ2n) is 3.68. The summed E-state index contributed by atoms with van der Waals surface area (Å²) in [4.78, 5) is 4.00. The molecule has 0 bridgehead atoms. The molecule has 7 heteroatoms. The van der Waals surface area contributed by atoms with Gasteiger partial charge in [0.1, 0.15) is 12.4 Å². The molecule has 0 aliphatic rings. The summed E-state index contributed by atoms with van der Waals surface area (Å²) in [6.45, 7) is 0.290. The third kappa shape index (κ3) is 3.64. The first-order valence-electron chi connectivity index (χ1n) is 5.29. The summed E-state index contributed by atoms with van der Waals surface area (Å²) < 4.78 is 5.59. The van der Waals surface area contributed by atoms with E-state index < -0.39 is 0 Å². The van der Waals surface area contributed by atoms with Crippen LogP contribution >= 0.6 is 34.8 Å². The van der Waals surface area contributed by atoms with Gasteiger partial charge in [0.15, 0.2) is 5.75 Å². The van der Waals surface area contributed by atoms with E-state index in [9.17, 15) is 0 Å². The van der Waals surface area contributed by atoms with E-state index in [1.807, 2.05) is 0 Å². The van der Waals surface area contributed by atoms with Crippen LogP contribution in [-0.4, -0.2) is 4.98 Å². The molecule has 19 heavy (non-hydrogen) atoms. The predicted molar refractivity (Wildman–Crippen MR) is 77.9 cm³/mol. The van der Waals surface area contributed by atoms with Crippen molar-refractivity contribution in [1.29, 1.82) is 0 Å². The van der Waals surface area contributed by atoms with Crippen molar-refractivity contribution < 1.29 is 4.74 Å². The van der Waals surface area contributed by atoms with Gasteiger partial charge >= 0.3 is 0 Å². The van der Waals surface area contributed by atoms with Gasteiger partial charge in [-0.1, -0.05) is 34.8 Å². The summed E-state index contributed by atoms with van der Waals surface area (Å²) in [6.07, 6.45) is 1.62. The van der Waals surface area contributed by atoms with E-state index in [0.29, 0.717) is 26.6 Å². The molecule has 1 heterocycles. The maximum Gasteiger partial charge on any atom is 0.157 e. The minimum Gasteiger partial charge on any atom is -0.486 e. The summed E-state index contributed by atoms with van der Waals surface area (Å²) in [5, 5.41) is 1.19. The summed E-state index contributed by atoms with van der Waals surface area (Å²) >= 11 is 17.9. The molecule has 1 aromatic carbocycles. The molecule has 0 aliphatic heterocycles. The SMILES string of the molecule is NNc1cc(COc2c(Cl)cc(Cl)cc2Cl)ccn1. The van der Waals surface area contributed by atoms with Crippen LogP contribution in [0.5, 0.6) is 5.75 Å². The highest BCUT2D eigenvalue weighted by atomic mass is 35.5. The first kappa shape index (κ1) is 14.2. The molecule has 0 fully saturated rings. The van der Waals surface area contributed by atoms with Gasteiger partial charge in [0.25, 0.3) is 0 Å². The van der Waals surface area contributed by atoms with Crippen LogP contribution in [0, 0.1) is 0 Å². The standard InChI is InChI=1S/C12H10Cl3N3O/c13-8-4-9(14)12(10(15)5-8)19-6-7-1-2-17-11(3-7)18-16/h1-5H,6,16H2,(H,17,18). The van der Waals surface area contributed by atoms with E-state index in [4.69, 9.17) is 45.4 Å². The monoisotopic (exact) mass is 317 g/mol. The number of nitrogen functional groups attached to an aromatic ring is 1. The number of hydrogen-bond acceptors (Lipinski definition) is 4. The van der Waals surface area contributed by atoms with Crippen molar-refractivity contribution in [2.75, 3.05) is 5.43 Å². The van der Waals surface area contributed by atoms with Crippen LogP contribution in [0.15, 0.2) is 30.5 Å². The number of halogens is 3. The van der Waals surface area contributed by atoms with E-state index in [1.54, 1.807) is 30.5 Å². The molecular formula is C12H10Cl3N3O. The fourth-order valence-corrected chi connectivity index (χ4v) is 2.39. The van der Waals surface area contributed by atoms with Gasteiger partial charge < -0.3 is 10.2 Å². The Labute approximate surface area is 125 Å². The Bertz CT molecular complexity index is 569. The molecule has 0 unspecified atom stereocenters. The quantitative estimate of drug-likeness (QED) is 0.663. The second kappa shape index (κ2) is 6.30. The van der Waals surface area contributed by atoms with Crippen molar-refractivity contribution in [1.82, 2.24) is 4.98 Å². The number of hydrogen-bond donors (Lipinski definition) is 2. The van der Waals surface area contributed by atoms with E-state index >= 15 is 0 Å². The molecule has 0 aliphatic carbocycles. The highest BCUT2D eigenvalue weighted by Gasteiger charge is 2.09. The fourth-order valence-electron chi connectivity index (χ4n) is 1.47. The smallest absolute Gasteiger partial charge is 0.157 e. The number of hydrazine groups is 1. The van der Waals surface area contributed by atoms with Crippen LogP contribution in [0.1, 0.15) is 5.56 Å². The zero-order valence-electron chi connectivity index (χ0n) is 9.66. The van der Waals surface area contributed by atoms with Crippen LogP contribution in [0.4, 0.5) is 5.82 Å². The van der Waals surface area contributed by atoms with E-state index in [2.05, 4.69) is 10.4 Å². The van der Waals surface area contributed by atoms with Crippen molar-refractivity contribution in [2.45, 2.75) is 6.61 Å². The Balaban J connectivity index is 2.14. The highest BCUT2D eigenvalue weighted by molar-refractivity contribution is 6.40. The minimum absolute atomic E-state index is 0.290. The Kier molecular flexibility index (Phi) is 4.71. The van der Waals surface area contributed by atoms with Crippen molar-refractivity contribution in [3.05, 3.63) is 51.1 Å². The summed E-state index contributed by atoms with van der Waals surface area (Å²) in [5.41, 5.74) is 3.34. The lowest BCUT2D eigenvalue weighted by atomic mass is 10.3. The topological polar surface area (TPSA) is 60.2 Å². The minimum atomic E-state index is 0.290.